The van der Waals surface area contributed by atoms with Gasteiger partial charge in [0.1, 0.15) is 11.6 Å². The number of hydrogen-bond donors (Lipinski definition) is 4. The van der Waals surface area contributed by atoms with Gasteiger partial charge in [-0.05, 0) is 76.9 Å². The Morgan fingerprint density at radius 3 is 1.49 bits per heavy atom. The zero-order valence-corrected chi connectivity index (χ0v) is 30.6. The molecule has 2 aromatic heterocycles. The van der Waals surface area contributed by atoms with E-state index in [9.17, 15) is 9.59 Å². The van der Waals surface area contributed by atoms with E-state index < -0.39 is 5.97 Å². The molecular formula is C34H43N4NaO8. The molecule has 2 fully saturated rings. The Morgan fingerprint density at radius 1 is 0.766 bits per heavy atom. The van der Waals surface area contributed by atoms with Crippen molar-refractivity contribution in [2.24, 2.45) is 0 Å². The van der Waals surface area contributed by atoms with Crippen LogP contribution in [0.25, 0.3) is 22.5 Å². The van der Waals surface area contributed by atoms with Gasteiger partial charge >= 0.3 is 41.5 Å². The number of aromatic carboxylic acids is 1. The molecule has 47 heavy (non-hydrogen) atoms. The largest absolute Gasteiger partial charge is 1.00 e. The molecule has 0 aliphatic carbocycles. The number of aromatic nitrogens is 4. The standard InChI is InChI=1S/C17H20N2O3.C16H18N2O3.CH4O.Na.H2O/c1-10-5-6-12(15(20)21-4)7-13(10)14-11(2)18-16(19-14)17(3)8-22-9-17;1-9-4-5-11(14(19)20)6-12(9)13-10(2)17-15(18-13)16(3)7-21-8-16;1-2;;/h5-7H,8-9H2,1-4H3,(H,18,19);4-6H,7-8H2,1-3H3,(H,17,18)(H,19,20);2H,1H3;;1H2/q;;;+1;/p-1. The number of aliphatic hydroxyl groups excluding tert-OH is 1. The molecule has 4 heterocycles. The van der Waals surface area contributed by atoms with E-state index in [0.29, 0.717) is 32.0 Å². The molecule has 5 N–H and O–H groups in total. The predicted molar refractivity (Wildman–Crippen MR) is 172 cm³/mol. The van der Waals surface area contributed by atoms with Crippen LogP contribution >= 0.6 is 0 Å². The number of carboxylic acid groups (broad SMARTS) is 1. The number of aryl methyl sites for hydroxylation is 4. The fourth-order valence-corrected chi connectivity index (χ4v) is 5.24. The Hall–Kier alpha value is -3.36. The third-order valence-electron chi connectivity index (χ3n) is 8.25. The normalized spacial score (nSPS) is 15.1. The van der Waals surface area contributed by atoms with E-state index in [-0.39, 0.29) is 57.4 Å². The van der Waals surface area contributed by atoms with Gasteiger partial charge in [0.25, 0.3) is 0 Å². The number of esters is 1. The predicted octanol–water partition coefficient (Wildman–Crippen LogP) is 1.88. The third kappa shape index (κ3) is 8.21. The maximum absolute atomic E-state index is 11.7. The Morgan fingerprint density at radius 2 is 1.15 bits per heavy atom. The molecule has 0 unspecified atom stereocenters. The number of aliphatic hydroxyl groups is 1. The first-order valence-electron chi connectivity index (χ1n) is 14.6. The molecule has 0 bridgehead atoms. The fraction of sp³-hybridized carbons (Fsp3) is 0.412. The number of benzene rings is 2. The van der Waals surface area contributed by atoms with Gasteiger partial charge in [0.2, 0.25) is 0 Å². The van der Waals surface area contributed by atoms with E-state index >= 15 is 0 Å². The fourth-order valence-electron chi connectivity index (χ4n) is 5.24. The quantitative estimate of drug-likeness (QED) is 0.176. The maximum Gasteiger partial charge on any atom is 1.00 e. The second-order valence-electron chi connectivity index (χ2n) is 12.1. The van der Waals surface area contributed by atoms with Crippen LogP contribution in [0, 0.1) is 27.7 Å². The first-order chi connectivity index (χ1) is 21.3. The van der Waals surface area contributed by atoms with Gasteiger partial charge in [0.15, 0.2) is 0 Å². The van der Waals surface area contributed by atoms with Crippen LogP contribution in [0.1, 0.15) is 68.7 Å². The van der Waals surface area contributed by atoms with E-state index in [4.69, 9.17) is 34.4 Å². The summed E-state index contributed by atoms with van der Waals surface area (Å²) in [5, 5.41) is 16.2. The number of carbonyl (C=O) groups excluding carboxylic acids is 1. The molecule has 12 nitrogen and oxygen atoms in total. The van der Waals surface area contributed by atoms with Gasteiger partial charge in [-0.1, -0.05) is 12.1 Å². The summed E-state index contributed by atoms with van der Waals surface area (Å²) < 4.78 is 15.4. The summed E-state index contributed by atoms with van der Waals surface area (Å²) in [4.78, 5) is 39.1. The van der Waals surface area contributed by atoms with Crippen molar-refractivity contribution in [3.63, 3.8) is 0 Å². The van der Waals surface area contributed by atoms with E-state index in [1.165, 1.54) is 7.11 Å². The van der Waals surface area contributed by atoms with Gasteiger partial charge in [0, 0.05) is 29.6 Å². The summed E-state index contributed by atoms with van der Waals surface area (Å²) in [5.41, 5.74) is 8.23. The van der Waals surface area contributed by atoms with Gasteiger partial charge in [0.05, 0.1) is 66.9 Å². The molecule has 0 atom stereocenters. The third-order valence-corrected chi connectivity index (χ3v) is 8.25. The molecule has 2 aliphatic rings. The number of H-pyrrole nitrogens is 2. The molecule has 6 rings (SSSR count). The summed E-state index contributed by atoms with van der Waals surface area (Å²) in [5.74, 6) is 0.577. The Bertz CT molecular complexity index is 1710. The molecule has 0 spiro atoms. The number of aromatic amines is 2. The van der Waals surface area contributed by atoms with Gasteiger partial charge in [-0.3, -0.25) is 0 Å². The number of nitrogens with zero attached hydrogens (tertiary/aromatic N) is 2. The summed E-state index contributed by atoms with van der Waals surface area (Å²) >= 11 is 0. The summed E-state index contributed by atoms with van der Waals surface area (Å²) in [6, 6.07) is 10.7. The van der Waals surface area contributed by atoms with Gasteiger partial charge in [-0.15, -0.1) is 0 Å². The number of carbonyl (C=O) groups is 2. The molecule has 0 amide bonds. The summed E-state index contributed by atoms with van der Waals surface area (Å²) in [6.45, 7) is 14.9. The minimum Gasteiger partial charge on any atom is -0.870 e. The number of ether oxygens (including phenoxy) is 3. The monoisotopic (exact) mass is 658 g/mol. The zero-order chi connectivity index (χ0) is 33.1. The van der Waals surface area contributed by atoms with E-state index in [0.717, 1.165) is 63.8 Å². The number of hydrogen-bond acceptors (Lipinski definition) is 9. The Kier molecular flexibility index (Phi) is 13.7. The molecule has 2 aromatic carbocycles. The van der Waals surface area contributed by atoms with Crippen molar-refractivity contribution in [1.82, 2.24) is 19.9 Å². The van der Waals surface area contributed by atoms with Crippen molar-refractivity contribution in [2.75, 3.05) is 40.6 Å². The molecule has 4 aromatic rings. The van der Waals surface area contributed by atoms with Crippen LogP contribution in [0.4, 0.5) is 0 Å². The average Bonchev–Trinajstić information content (AvgIpc) is 3.58. The number of carboxylic acids is 1. The van der Waals surface area contributed by atoms with Crippen LogP contribution in [-0.2, 0) is 25.0 Å². The first kappa shape index (κ1) is 39.8. The minimum absolute atomic E-state index is 0. The number of methoxy groups -OCH3 is 1. The molecule has 0 saturated carbocycles. The van der Waals surface area contributed by atoms with E-state index in [1.54, 1.807) is 18.2 Å². The second-order valence-corrected chi connectivity index (χ2v) is 12.1. The molecule has 2 aliphatic heterocycles. The second kappa shape index (κ2) is 16.2. The van der Waals surface area contributed by atoms with Crippen LogP contribution in [0.3, 0.4) is 0 Å². The van der Waals surface area contributed by atoms with E-state index in [1.807, 2.05) is 45.9 Å². The van der Waals surface area contributed by atoms with Gasteiger partial charge in [-0.2, -0.15) is 0 Å². The summed E-state index contributed by atoms with van der Waals surface area (Å²) in [7, 11) is 2.39. The van der Waals surface area contributed by atoms with Crippen LogP contribution in [0.2, 0.25) is 0 Å². The van der Waals surface area contributed by atoms with Crippen LogP contribution in [0.5, 0.6) is 0 Å². The van der Waals surface area contributed by atoms with Crippen LogP contribution < -0.4 is 29.6 Å². The summed E-state index contributed by atoms with van der Waals surface area (Å²) in [6.07, 6.45) is 0. The molecule has 248 valence electrons. The van der Waals surface area contributed by atoms with Crippen molar-refractivity contribution >= 4 is 11.9 Å². The first-order valence-corrected chi connectivity index (χ1v) is 14.6. The van der Waals surface area contributed by atoms with E-state index in [2.05, 4.69) is 23.8 Å². The topological polar surface area (TPSA) is 190 Å². The van der Waals surface area contributed by atoms with Gasteiger partial charge in [-0.25, -0.2) is 19.6 Å². The van der Waals surface area contributed by atoms with Crippen LogP contribution in [-0.4, -0.2) is 88.2 Å². The van der Waals surface area contributed by atoms with Crippen molar-refractivity contribution < 1.29 is 69.0 Å². The number of nitrogens with one attached hydrogen (secondary N) is 2. The molecule has 2 saturated heterocycles. The molecule has 0 radical (unpaired) electrons. The smallest absolute Gasteiger partial charge is 0.870 e. The SMILES string of the molecule is CO.COC(=O)c1ccc(C)c(-c2nc(C3(C)COC3)[nH]c2C)c1.Cc1ccc(C(=O)O)cc1-c1nc(C2(C)COC2)[nH]c1C.[Na+].[OH-]. The van der Waals surface area contributed by atoms with Crippen molar-refractivity contribution in [1.29, 1.82) is 0 Å². The Labute approximate surface area is 296 Å². The van der Waals surface area contributed by atoms with Crippen LogP contribution in [0.15, 0.2) is 36.4 Å². The zero-order valence-electron chi connectivity index (χ0n) is 28.6. The minimum atomic E-state index is -0.927. The molecular weight excluding hydrogens is 615 g/mol. The number of rotatable bonds is 6. The van der Waals surface area contributed by atoms with Gasteiger partial charge < -0.3 is 39.9 Å². The van der Waals surface area contributed by atoms with Crippen molar-refractivity contribution in [2.45, 2.75) is 52.4 Å². The van der Waals surface area contributed by atoms with Crippen molar-refractivity contribution in [3.05, 3.63) is 81.7 Å². The Balaban J connectivity index is 0.000000299. The average molecular weight is 659 g/mol. The molecule has 13 heteroatoms. The van der Waals surface area contributed by atoms with Crippen molar-refractivity contribution in [3.8, 4) is 22.5 Å². The number of imidazole rings is 2. The maximum atomic E-state index is 11.7.